The van der Waals surface area contributed by atoms with E-state index in [1.165, 1.54) is 0 Å². The molecule has 0 aromatic heterocycles. The van der Waals surface area contributed by atoms with Crippen LogP contribution in [0, 0.1) is 21.4 Å². The van der Waals surface area contributed by atoms with Gasteiger partial charge >= 0.3 is 0 Å². The first-order chi connectivity index (χ1) is 9.80. The topological polar surface area (TPSA) is 113 Å². The Morgan fingerprint density at radius 1 is 1.38 bits per heavy atom. The van der Waals surface area contributed by atoms with Crippen molar-refractivity contribution in [3.63, 3.8) is 0 Å². The van der Waals surface area contributed by atoms with E-state index in [2.05, 4.69) is 4.72 Å². The molecule has 21 heavy (non-hydrogen) atoms. The minimum Gasteiger partial charge on any atom is -0.258 e. The second-order valence-corrected chi connectivity index (χ2v) is 6.94. The number of nitrogens with one attached hydrogen (secondary N) is 1. The van der Waals surface area contributed by atoms with E-state index in [0.29, 0.717) is 12.8 Å². The summed E-state index contributed by atoms with van der Waals surface area (Å²) in [5, 5.41) is 19.8. The van der Waals surface area contributed by atoms with Crippen LogP contribution in [0.3, 0.4) is 0 Å². The molecule has 0 bridgehead atoms. The molecule has 0 saturated heterocycles. The lowest BCUT2D eigenvalue weighted by atomic mass is 10.0. The number of sulfonamides is 1. The molecule has 1 fully saturated rings. The van der Waals surface area contributed by atoms with Crippen molar-refractivity contribution in [3.05, 3.63) is 33.3 Å². The van der Waals surface area contributed by atoms with Crippen LogP contribution in [0.5, 0.6) is 0 Å². The molecular weight excluding hydrogens is 318 g/mol. The third-order valence-corrected chi connectivity index (χ3v) is 5.43. The molecule has 0 aliphatic heterocycles. The van der Waals surface area contributed by atoms with Crippen LogP contribution in [0.15, 0.2) is 23.1 Å². The van der Waals surface area contributed by atoms with E-state index < -0.39 is 20.5 Å². The fourth-order valence-corrected chi connectivity index (χ4v) is 4.24. The highest BCUT2D eigenvalue weighted by molar-refractivity contribution is 7.89. The van der Waals surface area contributed by atoms with Gasteiger partial charge < -0.3 is 0 Å². The SMILES string of the molecule is N#CC1(NS(=O)(=O)c2cc([N+](=O)[O-])ccc2Cl)CCCC1. The number of nitro groups is 1. The van der Waals surface area contributed by atoms with Gasteiger partial charge in [-0.25, -0.2) is 8.42 Å². The summed E-state index contributed by atoms with van der Waals surface area (Å²) in [4.78, 5) is 9.66. The minimum atomic E-state index is -4.11. The summed E-state index contributed by atoms with van der Waals surface area (Å²) >= 11 is 5.83. The summed E-state index contributed by atoms with van der Waals surface area (Å²) < 4.78 is 27.1. The number of nitro benzene ring substituents is 1. The predicted octanol–water partition coefficient (Wildman–Crippen LogP) is 2.36. The lowest BCUT2D eigenvalue weighted by Gasteiger charge is -2.22. The lowest BCUT2D eigenvalue weighted by Crippen LogP contribution is -2.45. The van der Waals surface area contributed by atoms with Gasteiger partial charge in [0.05, 0.1) is 16.0 Å². The molecule has 1 saturated carbocycles. The van der Waals surface area contributed by atoms with Gasteiger partial charge in [-0.05, 0) is 18.9 Å². The summed E-state index contributed by atoms with van der Waals surface area (Å²) in [6.07, 6.45) is 2.32. The van der Waals surface area contributed by atoms with Crippen LogP contribution >= 0.6 is 11.6 Å². The van der Waals surface area contributed by atoms with Gasteiger partial charge in [0, 0.05) is 12.1 Å². The van der Waals surface area contributed by atoms with Crippen LogP contribution in [0.25, 0.3) is 0 Å². The summed E-state index contributed by atoms with van der Waals surface area (Å²) in [5.74, 6) is 0. The molecule has 0 spiro atoms. The molecule has 0 radical (unpaired) electrons. The largest absolute Gasteiger partial charge is 0.270 e. The highest BCUT2D eigenvalue weighted by atomic mass is 35.5. The maximum Gasteiger partial charge on any atom is 0.270 e. The fourth-order valence-electron chi connectivity index (χ4n) is 2.34. The molecule has 112 valence electrons. The van der Waals surface area contributed by atoms with Crippen molar-refractivity contribution < 1.29 is 13.3 Å². The van der Waals surface area contributed by atoms with Crippen LogP contribution in [0.4, 0.5) is 5.69 Å². The van der Waals surface area contributed by atoms with Crippen LogP contribution < -0.4 is 4.72 Å². The monoisotopic (exact) mass is 329 g/mol. The zero-order valence-electron chi connectivity index (χ0n) is 10.9. The Morgan fingerprint density at radius 3 is 2.52 bits per heavy atom. The average Bonchev–Trinajstić information content (AvgIpc) is 2.87. The van der Waals surface area contributed by atoms with Crippen molar-refractivity contribution in [3.8, 4) is 6.07 Å². The molecule has 1 aromatic carbocycles. The van der Waals surface area contributed by atoms with Crippen molar-refractivity contribution in [1.82, 2.24) is 4.72 Å². The van der Waals surface area contributed by atoms with Gasteiger partial charge in [0.25, 0.3) is 5.69 Å². The summed E-state index contributed by atoms with van der Waals surface area (Å²) in [7, 11) is -4.11. The van der Waals surface area contributed by atoms with E-state index in [1.54, 1.807) is 0 Å². The predicted molar refractivity (Wildman–Crippen MR) is 75.2 cm³/mol. The van der Waals surface area contributed by atoms with Gasteiger partial charge in [0.15, 0.2) is 0 Å². The van der Waals surface area contributed by atoms with E-state index in [9.17, 15) is 23.8 Å². The molecule has 1 aromatic rings. The van der Waals surface area contributed by atoms with Crippen LogP contribution in [-0.4, -0.2) is 18.9 Å². The fraction of sp³-hybridized carbons (Fsp3) is 0.417. The zero-order chi connectivity index (χ0) is 15.7. The van der Waals surface area contributed by atoms with E-state index >= 15 is 0 Å². The first-order valence-electron chi connectivity index (χ1n) is 6.19. The Labute approximate surface area is 126 Å². The third-order valence-electron chi connectivity index (χ3n) is 3.42. The Morgan fingerprint density at radius 2 is 2.00 bits per heavy atom. The smallest absolute Gasteiger partial charge is 0.258 e. The average molecular weight is 330 g/mol. The molecule has 1 N–H and O–H groups in total. The second kappa shape index (κ2) is 5.60. The quantitative estimate of drug-likeness (QED) is 0.672. The number of nitriles is 1. The number of hydrogen-bond donors (Lipinski definition) is 1. The van der Waals surface area contributed by atoms with Crippen LogP contribution in [0.1, 0.15) is 25.7 Å². The number of halogens is 1. The summed E-state index contributed by atoms with van der Waals surface area (Å²) in [5.41, 5.74) is -1.54. The molecule has 1 aliphatic rings. The van der Waals surface area contributed by atoms with Crippen LogP contribution in [-0.2, 0) is 10.0 Å². The van der Waals surface area contributed by atoms with Gasteiger partial charge in [-0.2, -0.15) is 9.98 Å². The van der Waals surface area contributed by atoms with Crippen molar-refractivity contribution in [1.29, 1.82) is 5.26 Å². The number of rotatable bonds is 4. The lowest BCUT2D eigenvalue weighted by molar-refractivity contribution is -0.385. The van der Waals surface area contributed by atoms with Crippen molar-refractivity contribution in [2.75, 3.05) is 0 Å². The van der Waals surface area contributed by atoms with Crippen molar-refractivity contribution in [2.24, 2.45) is 0 Å². The van der Waals surface area contributed by atoms with Gasteiger partial charge in [-0.15, -0.1) is 0 Å². The Kier molecular flexibility index (Phi) is 4.18. The summed E-state index contributed by atoms with van der Waals surface area (Å²) in [6, 6.07) is 5.16. The third kappa shape index (κ3) is 3.15. The molecule has 0 amide bonds. The molecule has 0 unspecified atom stereocenters. The Hall–Kier alpha value is -1.69. The van der Waals surface area contributed by atoms with Crippen LogP contribution in [0.2, 0.25) is 5.02 Å². The van der Waals surface area contributed by atoms with Crippen molar-refractivity contribution >= 4 is 27.3 Å². The van der Waals surface area contributed by atoms with Gasteiger partial charge in [0.2, 0.25) is 10.0 Å². The first kappa shape index (κ1) is 15.7. The number of benzene rings is 1. The number of non-ortho nitro benzene ring substituents is 1. The molecule has 9 heteroatoms. The molecule has 2 rings (SSSR count). The second-order valence-electron chi connectivity index (χ2n) is 4.88. The van der Waals surface area contributed by atoms with Gasteiger partial charge in [-0.3, -0.25) is 10.1 Å². The molecule has 0 heterocycles. The number of nitrogens with zero attached hydrogens (tertiary/aromatic N) is 2. The summed E-state index contributed by atoms with van der Waals surface area (Å²) in [6.45, 7) is 0. The van der Waals surface area contributed by atoms with Gasteiger partial charge in [-0.1, -0.05) is 24.4 Å². The Balaban J connectivity index is 2.42. The van der Waals surface area contributed by atoms with E-state index in [-0.39, 0.29) is 15.6 Å². The number of hydrogen-bond acceptors (Lipinski definition) is 5. The first-order valence-corrected chi connectivity index (χ1v) is 8.05. The highest BCUT2D eigenvalue weighted by Gasteiger charge is 2.39. The van der Waals surface area contributed by atoms with E-state index in [4.69, 9.17) is 11.6 Å². The molecule has 1 aliphatic carbocycles. The maximum absolute atomic E-state index is 12.4. The van der Waals surface area contributed by atoms with Crippen molar-refractivity contribution in [2.45, 2.75) is 36.1 Å². The normalized spacial score (nSPS) is 17.3. The molecule has 0 atom stereocenters. The van der Waals surface area contributed by atoms with E-state index in [0.717, 1.165) is 31.0 Å². The Bertz CT molecular complexity index is 721. The standard InChI is InChI=1S/C12H12ClN3O4S/c13-10-4-3-9(16(17)18)7-11(10)21(19,20)15-12(8-14)5-1-2-6-12/h3-4,7,15H,1-2,5-6H2. The highest BCUT2D eigenvalue weighted by Crippen LogP contribution is 2.32. The van der Waals surface area contributed by atoms with Gasteiger partial charge in [0.1, 0.15) is 10.4 Å². The zero-order valence-corrected chi connectivity index (χ0v) is 12.4. The van der Waals surface area contributed by atoms with E-state index in [1.807, 2.05) is 6.07 Å². The maximum atomic E-state index is 12.4. The molecular formula is C12H12ClN3O4S. The molecule has 7 nitrogen and oxygen atoms in total. The minimum absolute atomic E-state index is 0.126.